The number of halogens is 1. The summed E-state index contributed by atoms with van der Waals surface area (Å²) in [5, 5.41) is 9.16. The van der Waals surface area contributed by atoms with Crippen LogP contribution in [0.1, 0.15) is 38.5 Å². The van der Waals surface area contributed by atoms with E-state index in [9.17, 15) is 8.42 Å². The van der Waals surface area contributed by atoms with Crippen molar-refractivity contribution in [2.45, 2.75) is 45.1 Å². The maximum atomic E-state index is 12.7. The quantitative estimate of drug-likeness (QED) is 0.852. The Hall–Kier alpha value is 0.0500. The van der Waals surface area contributed by atoms with Crippen molar-refractivity contribution in [3.05, 3.63) is 14.7 Å². The molecule has 0 atom stereocenters. The molecule has 1 saturated heterocycles. The summed E-state index contributed by atoms with van der Waals surface area (Å²) >= 11 is 4.58. The standard InChI is InChI=1S/C14H22BrNO3S2/c1-14(2,3)10-4-6-16(7-5-10)21(18,19)12-8-11(9-17)20-13(12)15/h8,10,17H,4-7,9H2,1-3H3. The highest BCUT2D eigenvalue weighted by atomic mass is 79.9. The van der Waals surface area contributed by atoms with Crippen LogP contribution in [0.15, 0.2) is 14.7 Å². The largest absolute Gasteiger partial charge is 0.391 e. The molecule has 0 radical (unpaired) electrons. The molecule has 120 valence electrons. The Bertz CT molecular complexity index is 596. The minimum absolute atomic E-state index is 0.134. The number of hydrogen-bond donors (Lipinski definition) is 1. The second-order valence-electron chi connectivity index (χ2n) is 6.55. The summed E-state index contributed by atoms with van der Waals surface area (Å²) < 4.78 is 27.6. The van der Waals surface area contributed by atoms with Crippen LogP contribution in [0.2, 0.25) is 0 Å². The average Bonchev–Trinajstić information content (AvgIpc) is 2.80. The topological polar surface area (TPSA) is 57.6 Å². The number of aliphatic hydroxyl groups excluding tert-OH is 1. The SMILES string of the molecule is CC(C)(C)C1CCN(S(=O)(=O)c2cc(CO)sc2Br)CC1. The Balaban J connectivity index is 2.17. The number of nitrogens with zero attached hydrogens (tertiary/aromatic N) is 1. The van der Waals surface area contributed by atoms with E-state index in [1.165, 1.54) is 11.3 Å². The van der Waals surface area contributed by atoms with Gasteiger partial charge in [0.2, 0.25) is 10.0 Å². The van der Waals surface area contributed by atoms with Crippen LogP contribution in [0.4, 0.5) is 0 Å². The Kier molecular flexibility index (Phi) is 5.20. The Morgan fingerprint density at radius 2 is 1.95 bits per heavy atom. The number of rotatable bonds is 3. The Morgan fingerprint density at radius 1 is 1.38 bits per heavy atom. The third kappa shape index (κ3) is 3.69. The van der Waals surface area contributed by atoms with Crippen molar-refractivity contribution in [2.75, 3.05) is 13.1 Å². The van der Waals surface area contributed by atoms with Gasteiger partial charge in [-0.15, -0.1) is 11.3 Å². The average molecular weight is 396 g/mol. The molecule has 1 aliphatic heterocycles. The predicted octanol–water partition coefficient (Wildman–Crippen LogP) is 3.45. The molecule has 0 unspecified atom stereocenters. The molecule has 0 bridgehead atoms. The van der Waals surface area contributed by atoms with Gasteiger partial charge in [0.1, 0.15) is 4.90 Å². The fourth-order valence-electron chi connectivity index (χ4n) is 2.75. The van der Waals surface area contributed by atoms with E-state index < -0.39 is 10.0 Å². The highest BCUT2D eigenvalue weighted by Crippen LogP contribution is 2.38. The van der Waals surface area contributed by atoms with Crippen LogP contribution in [0.3, 0.4) is 0 Å². The molecule has 21 heavy (non-hydrogen) atoms. The number of piperidine rings is 1. The van der Waals surface area contributed by atoms with Crippen LogP contribution in [-0.2, 0) is 16.6 Å². The maximum Gasteiger partial charge on any atom is 0.245 e. The third-order valence-electron chi connectivity index (χ3n) is 4.16. The molecule has 0 spiro atoms. The number of aliphatic hydroxyl groups is 1. The minimum Gasteiger partial charge on any atom is -0.391 e. The van der Waals surface area contributed by atoms with Gasteiger partial charge in [-0.1, -0.05) is 20.8 Å². The van der Waals surface area contributed by atoms with Gasteiger partial charge in [0.25, 0.3) is 0 Å². The zero-order valence-electron chi connectivity index (χ0n) is 12.6. The van der Waals surface area contributed by atoms with E-state index in [0.717, 1.165) is 12.8 Å². The second kappa shape index (κ2) is 6.28. The highest BCUT2D eigenvalue weighted by Gasteiger charge is 2.35. The van der Waals surface area contributed by atoms with Gasteiger partial charge in [0.05, 0.1) is 10.4 Å². The van der Waals surface area contributed by atoms with Gasteiger partial charge in [0.15, 0.2) is 0 Å². The molecule has 7 heteroatoms. The molecule has 1 aromatic heterocycles. The zero-order valence-corrected chi connectivity index (χ0v) is 15.8. The van der Waals surface area contributed by atoms with Crippen molar-refractivity contribution in [3.63, 3.8) is 0 Å². The van der Waals surface area contributed by atoms with E-state index in [0.29, 0.717) is 27.7 Å². The van der Waals surface area contributed by atoms with E-state index in [1.807, 2.05) is 0 Å². The fourth-order valence-corrected chi connectivity index (χ4v) is 6.72. The molecule has 2 heterocycles. The number of hydrogen-bond acceptors (Lipinski definition) is 4. The lowest BCUT2D eigenvalue weighted by molar-refractivity contribution is 0.154. The smallest absolute Gasteiger partial charge is 0.245 e. The summed E-state index contributed by atoms with van der Waals surface area (Å²) in [6, 6.07) is 1.57. The minimum atomic E-state index is -3.47. The van der Waals surface area contributed by atoms with Gasteiger partial charge in [-0.3, -0.25) is 0 Å². The predicted molar refractivity (Wildman–Crippen MR) is 88.9 cm³/mol. The van der Waals surface area contributed by atoms with Gasteiger partial charge in [-0.05, 0) is 46.2 Å². The maximum absolute atomic E-state index is 12.7. The second-order valence-corrected chi connectivity index (χ2v) is 10.9. The Morgan fingerprint density at radius 3 is 2.38 bits per heavy atom. The summed E-state index contributed by atoms with van der Waals surface area (Å²) in [5.74, 6) is 0.558. The van der Waals surface area contributed by atoms with Crippen molar-refractivity contribution in [1.29, 1.82) is 0 Å². The van der Waals surface area contributed by atoms with Crippen LogP contribution in [-0.4, -0.2) is 30.9 Å². The molecule has 0 aliphatic carbocycles. The molecule has 1 aromatic rings. The molecule has 0 aromatic carbocycles. The first-order chi connectivity index (χ1) is 9.66. The molecule has 1 N–H and O–H groups in total. The fraction of sp³-hybridized carbons (Fsp3) is 0.714. The molecule has 2 rings (SSSR count). The third-order valence-corrected chi connectivity index (χ3v) is 8.29. The van der Waals surface area contributed by atoms with Gasteiger partial charge in [-0.25, -0.2) is 8.42 Å². The molecule has 4 nitrogen and oxygen atoms in total. The summed E-state index contributed by atoms with van der Waals surface area (Å²) in [6.45, 7) is 7.65. The van der Waals surface area contributed by atoms with Crippen LogP contribution in [0.25, 0.3) is 0 Å². The molecule has 0 saturated carbocycles. The van der Waals surface area contributed by atoms with E-state index in [1.54, 1.807) is 10.4 Å². The van der Waals surface area contributed by atoms with Gasteiger partial charge in [0, 0.05) is 18.0 Å². The monoisotopic (exact) mass is 395 g/mol. The summed E-state index contributed by atoms with van der Waals surface area (Å²) in [7, 11) is -3.47. The van der Waals surface area contributed by atoms with E-state index in [4.69, 9.17) is 5.11 Å². The first kappa shape index (κ1) is 17.4. The molecule has 1 fully saturated rings. The van der Waals surface area contributed by atoms with E-state index in [2.05, 4.69) is 36.7 Å². The lowest BCUT2D eigenvalue weighted by atomic mass is 9.76. The molecular formula is C14H22BrNO3S2. The molecular weight excluding hydrogens is 374 g/mol. The summed E-state index contributed by atoms with van der Waals surface area (Å²) in [5.41, 5.74) is 0.225. The van der Waals surface area contributed by atoms with Crippen LogP contribution in [0, 0.1) is 11.3 Å². The lowest BCUT2D eigenvalue weighted by Gasteiger charge is -2.38. The van der Waals surface area contributed by atoms with Crippen LogP contribution < -0.4 is 0 Å². The molecule has 0 amide bonds. The van der Waals surface area contributed by atoms with Gasteiger partial charge >= 0.3 is 0 Å². The molecule has 1 aliphatic rings. The summed E-state index contributed by atoms with van der Waals surface area (Å²) in [4.78, 5) is 0.941. The first-order valence-electron chi connectivity index (χ1n) is 7.05. The highest BCUT2D eigenvalue weighted by molar-refractivity contribution is 9.11. The van der Waals surface area contributed by atoms with Crippen molar-refractivity contribution < 1.29 is 13.5 Å². The van der Waals surface area contributed by atoms with E-state index in [-0.39, 0.29) is 16.9 Å². The van der Waals surface area contributed by atoms with Crippen molar-refractivity contribution in [1.82, 2.24) is 4.31 Å². The van der Waals surface area contributed by atoms with E-state index >= 15 is 0 Å². The Labute approximate surface area is 139 Å². The van der Waals surface area contributed by atoms with Crippen LogP contribution >= 0.6 is 27.3 Å². The van der Waals surface area contributed by atoms with Crippen molar-refractivity contribution in [3.8, 4) is 0 Å². The van der Waals surface area contributed by atoms with Crippen molar-refractivity contribution >= 4 is 37.3 Å². The first-order valence-corrected chi connectivity index (χ1v) is 10.1. The summed E-state index contributed by atoms with van der Waals surface area (Å²) in [6.07, 6.45) is 1.80. The number of sulfonamides is 1. The number of thiophene rings is 1. The van der Waals surface area contributed by atoms with Crippen molar-refractivity contribution in [2.24, 2.45) is 11.3 Å². The lowest BCUT2D eigenvalue weighted by Crippen LogP contribution is -2.41. The van der Waals surface area contributed by atoms with Gasteiger partial charge in [-0.2, -0.15) is 4.31 Å². The van der Waals surface area contributed by atoms with Gasteiger partial charge < -0.3 is 5.11 Å². The zero-order chi connectivity index (χ0) is 15.8. The van der Waals surface area contributed by atoms with Crippen LogP contribution in [0.5, 0.6) is 0 Å². The normalized spacial score (nSPS) is 19.1.